The highest BCUT2D eigenvalue weighted by Crippen LogP contribution is 2.10. The number of aromatic nitrogens is 2. The van der Waals surface area contributed by atoms with Gasteiger partial charge in [0.05, 0.1) is 11.9 Å². The predicted molar refractivity (Wildman–Crippen MR) is 59.3 cm³/mol. The Morgan fingerprint density at radius 3 is 2.88 bits per heavy atom. The van der Waals surface area contributed by atoms with Crippen LogP contribution < -0.4 is 0 Å². The molecule has 1 N–H and O–H groups in total. The zero-order valence-corrected chi connectivity index (χ0v) is 8.71. The molecular weight excluding hydrogens is 204 g/mol. The van der Waals surface area contributed by atoms with Gasteiger partial charge >= 0.3 is 5.97 Å². The molecule has 0 amide bonds. The molecule has 0 fully saturated rings. The molecule has 16 heavy (non-hydrogen) atoms. The number of hydrogen-bond acceptors (Lipinski definition) is 2. The van der Waals surface area contributed by atoms with E-state index in [1.165, 1.54) is 0 Å². The van der Waals surface area contributed by atoms with Gasteiger partial charge in [0.15, 0.2) is 0 Å². The molecule has 0 saturated carbocycles. The van der Waals surface area contributed by atoms with E-state index in [1.54, 1.807) is 24.7 Å². The van der Waals surface area contributed by atoms with E-state index in [0.717, 1.165) is 12.1 Å². The van der Waals surface area contributed by atoms with Gasteiger partial charge < -0.3 is 9.67 Å². The Kier molecular flexibility index (Phi) is 3.00. The van der Waals surface area contributed by atoms with Gasteiger partial charge in [0.25, 0.3) is 0 Å². The molecule has 4 nitrogen and oxygen atoms in total. The summed E-state index contributed by atoms with van der Waals surface area (Å²) in [5.41, 5.74) is 1.23. The minimum absolute atomic E-state index is 0.377. The number of hydrogen-bond donors (Lipinski definition) is 1. The fourth-order valence-corrected chi connectivity index (χ4v) is 1.62. The minimum atomic E-state index is -0.874. The van der Waals surface area contributed by atoms with Crippen molar-refractivity contribution in [1.29, 1.82) is 0 Å². The lowest BCUT2D eigenvalue weighted by Crippen LogP contribution is -2.05. The van der Waals surface area contributed by atoms with Crippen molar-refractivity contribution in [2.24, 2.45) is 0 Å². The summed E-state index contributed by atoms with van der Waals surface area (Å²) in [6, 6.07) is 7.08. The molecule has 0 aliphatic carbocycles. The van der Waals surface area contributed by atoms with Crippen LogP contribution in [0.4, 0.5) is 0 Å². The normalized spacial score (nSPS) is 10.2. The highest BCUT2D eigenvalue weighted by Gasteiger charge is 2.08. The molecular formula is C12H12N2O2. The molecule has 2 aromatic rings. The van der Waals surface area contributed by atoms with E-state index in [1.807, 2.05) is 22.9 Å². The van der Waals surface area contributed by atoms with E-state index < -0.39 is 5.97 Å². The number of aromatic carboxylic acids is 1. The second kappa shape index (κ2) is 4.61. The number of carboxylic acids is 1. The van der Waals surface area contributed by atoms with Crippen LogP contribution in [0.15, 0.2) is 43.0 Å². The third-order valence-electron chi connectivity index (χ3n) is 2.45. The van der Waals surface area contributed by atoms with Gasteiger partial charge in [-0.05, 0) is 18.1 Å². The highest BCUT2D eigenvalue weighted by molar-refractivity contribution is 5.89. The number of aryl methyl sites for hydroxylation is 2. The van der Waals surface area contributed by atoms with Crippen molar-refractivity contribution >= 4 is 5.97 Å². The Balaban J connectivity index is 2.12. The number of benzene rings is 1. The van der Waals surface area contributed by atoms with Crippen LogP contribution in [-0.2, 0) is 13.0 Å². The molecule has 1 aromatic heterocycles. The molecule has 0 saturated heterocycles. The van der Waals surface area contributed by atoms with E-state index in [0.29, 0.717) is 12.0 Å². The maximum absolute atomic E-state index is 11.0. The summed E-state index contributed by atoms with van der Waals surface area (Å²) in [7, 11) is 0. The van der Waals surface area contributed by atoms with E-state index >= 15 is 0 Å². The molecule has 0 unspecified atom stereocenters. The number of nitrogens with zero attached hydrogens (tertiary/aromatic N) is 2. The molecule has 4 heteroatoms. The Hall–Kier alpha value is -2.10. The van der Waals surface area contributed by atoms with Gasteiger partial charge in [-0.25, -0.2) is 9.78 Å². The van der Waals surface area contributed by atoms with Crippen LogP contribution in [-0.4, -0.2) is 20.6 Å². The van der Waals surface area contributed by atoms with E-state index in [-0.39, 0.29) is 0 Å². The Morgan fingerprint density at radius 2 is 2.19 bits per heavy atom. The quantitative estimate of drug-likeness (QED) is 0.848. The molecule has 1 aromatic carbocycles. The van der Waals surface area contributed by atoms with Gasteiger partial charge in [-0.3, -0.25) is 0 Å². The van der Waals surface area contributed by atoms with Gasteiger partial charge in [-0.2, -0.15) is 0 Å². The molecule has 0 bridgehead atoms. The van der Waals surface area contributed by atoms with Crippen molar-refractivity contribution in [3.8, 4) is 0 Å². The molecule has 0 radical (unpaired) electrons. The fraction of sp³-hybridized carbons (Fsp3) is 0.167. The summed E-state index contributed by atoms with van der Waals surface area (Å²) in [6.45, 7) is 0.740. The minimum Gasteiger partial charge on any atom is -0.478 e. The van der Waals surface area contributed by atoms with Crippen LogP contribution in [0.25, 0.3) is 0 Å². The van der Waals surface area contributed by atoms with Crippen molar-refractivity contribution in [3.05, 3.63) is 54.1 Å². The second-order valence-electron chi connectivity index (χ2n) is 3.51. The second-order valence-corrected chi connectivity index (χ2v) is 3.51. The van der Waals surface area contributed by atoms with Crippen LogP contribution >= 0.6 is 0 Å². The SMILES string of the molecule is O=C(O)c1ccccc1CCn1ccnc1. The van der Waals surface area contributed by atoms with E-state index in [4.69, 9.17) is 5.11 Å². The summed E-state index contributed by atoms with van der Waals surface area (Å²) in [6.07, 6.45) is 5.99. The van der Waals surface area contributed by atoms with Crippen molar-refractivity contribution in [2.45, 2.75) is 13.0 Å². The largest absolute Gasteiger partial charge is 0.478 e. The van der Waals surface area contributed by atoms with Crippen molar-refractivity contribution in [1.82, 2.24) is 9.55 Å². The van der Waals surface area contributed by atoms with Gasteiger partial charge in [0.1, 0.15) is 0 Å². The first kappa shape index (κ1) is 10.4. The van der Waals surface area contributed by atoms with E-state index in [9.17, 15) is 4.79 Å². The van der Waals surface area contributed by atoms with Gasteiger partial charge in [0.2, 0.25) is 0 Å². The van der Waals surface area contributed by atoms with Crippen LogP contribution in [0, 0.1) is 0 Å². The van der Waals surface area contributed by atoms with Crippen LogP contribution in [0.1, 0.15) is 15.9 Å². The third kappa shape index (κ3) is 2.28. The first-order valence-corrected chi connectivity index (χ1v) is 5.04. The highest BCUT2D eigenvalue weighted by atomic mass is 16.4. The zero-order chi connectivity index (χ0) is 11.4. The third-order valence-corrected chi connectivity index (χ3v) is 2.45. The van der Waals surface area contributed by atoms with Gasteiger partial charge in [0, 0.05) is 18.9 Å². The van der Waals surface area contributed by atoms with Crippen LogP contribution in [0.3, 0.4) is 0 Å². The molecule has 0 spiro atoms. The topological polar surface area (TPSA) is 55.1 Å². The summed E-state index contributed by atoms with van der Waals surface area (Å²) in [5.74, 6) is -0.874. The average molecular weight is 216 g/mol. The van der Waals surface area contributed by atoms with Crippen molar-refractivity contribution in [2.75, 3.05) is 0 Å². The summed E-state index contributed by atoms with van der Waals surface area (Å²) < 4.78 is 1.93. The fourth-order valence-electron chi connectivity index (χ4n) is 1.62. The summed E-state index contributed by atoms with van der Waals surface area (Å²) in [4.78, 5) is 14.9. The maximum Gasteiger partial charge on any atom is 0.335 e. The lowest BCUT2D eigenvalue weighted by molar-refractivity contribution is 0.0695. The van der Waals surface area contributed by atoms with Crippen molar-refractivity contribution in [3.63, 3.8) is 0 Å². The number of rotatable bonds is 4. The smallest absolute Gasteiger partial charge is 0.335 e. The summed E-state index contributed by atoms with van der Waals surface area (Å²) >= 11 is 0. The maximum atomic E-state index is 11.0. The first-order chi connectivity index (χ1) is 7.77. The zero-order valence-electron chi connectivity index (χ0n) is 8.71. The number of carboxylic acid groups (broad SMARTS) is 1. The van der Waals surface area contributed by atoms with Crippen molar-refractivity contribution < 1.29 is 9.90 Å². The average Bonchev–Trinajstić information content (AvgIpc) is 2.79. The number of carbonyl (C=O) groups is 1. The molecule has 0 aliphatic rings. The lowest BCUT2D eigenvalue weighted by atomic mass is 10.0. The Labute approximate surface area is 93.2 Å². The number of imidazole rings is 1. The summed E-state index contributed by atoms with van der Waals surface area (Å²) in [5, 5.41) is 9.00. The van der Waals surface area contributed by atoms with Gasteiger partial charge in [-0.1, -0.05) is 18.2 Å². The lowest BCUT2D eigenvalue weighted by Gasteiger charge is -2.06. The molecule has 2 rings (SSSR count). The van der Waals surface area contributed by atoms with Crippen LogP contribution in [0.5, 0.6) is 0 Å². The molecule has 82 valence electrons. The van der Waals surface area contributed by atoms with Gasteiger partial charge in [-0.15, -0.1) is 0 Å². The Morgan fingerprint density at radius 1 is 1.38 bits per heavy atom. The molecule has 0 atom stereocenters. The standard InChI is InChI=1S/C12H12N2O2/c15-12(16)11-4-2-1-3-10(11)5-7-14-8-6-13-9-14/h1-4,6,8-9H,5,7H2,(H,15,16). The predicted octanol–water partition coefficient (Wildman–Crippen LogP) is 1.82. The Bertz CT molecular complexity index is 478. The molecule has 0 aliphatic heterocycles. The monoisotopic (exact) mass is 216 g/mol. The van der Waals surface area contributed by atoms with Crippen LogP contribution in [0.2, 0.25) is 0 Å². The molecule has 1 heterocycles. The van der Waals surface area contributed by atoms with E-state index in [2.05, 4.69) is 4.98 Å². The first-order valence-electron chi connectivity index (χ1n) is 5.04.